The molecule has 0 heterocycles. The van der Waals surface area contributed by atoms with E-state index >= 15 is 0 Å². The van der Waals surface area contributed by atoms with Gasteiger partial charge in [0.1, 0.15) is 11.6 Å². The van der Waals surface area contributed by atoms with Gasteiger partial charge in [-0.1, -0.05) is 12.2 Å². The summed E-state index contributed by atoms with van der Waals surface area (Å²) in [6.07, 6.45) is 1.42. The number of rotatable bonds is 3. The smallest absolute Gasteiger partial charge is 0.411 e. The number of ether oxygens (including phenoxy) is 1. The van der Waals surface area contributed by atoms with Crippen molar-refractivity contribution in [3.05, 3.63) is 42.3 Å². The molecule has 0 bridgehead atoms. The van der Waals surface area contributed by atoms with Crippen molar-refractivity contribution in [2.75, 3.05) is 5.32 Å². The molecule has 0 saturated carbocycles. The maximum Gasteiger partial charge on any atom is 0.411 e. The van der Waals surface area contributed by atoms with Crippen LogP contribution in [0, 0.1) is 18.6 Å². The lowest BCUT2D eigenvalue weighted by Crippen LogP contribution is -2.18. The number of halogens is 2. The Balaban J connectivity index is 2.90. The molecular weight excluding hydrogens is 240 g/mol. The fourth-order valence-corrected chi connectivity index (χ4v) is 1.29. The van der Waals surface area contributed by atoms with Crippen molar-refractivity contribution in [1.29, 1.82) is 0 Å². The standard InChI is InChI=1S/C13H14F2NO2/c1-4-5-10-11(14)6-9(7-12(10)15)16-13(17)18-8(2)3/h4-8H,1H2,2-3H3,(H,16,17)/b5-4+. The first-order valence-corrected chi connectivity index (χ1v) is 5.36. The van der Waals surface area contributed by atoms with E-state index in [0.717, 1.165) is 12.1 Å². The van der Waals surface area contributed by atoms with Crippen molar-refractivity contribution < 1.29 is 18.3 Å². The van der Waals surface area contributed by atoms with E-state index in [2.05, 4.69) is 12.2 Å². The summed E-state index contributed by atoms with van der Waals surface area (Å²) in [4.78, 5) is 11.3. The topological polar surface area (TPSA) is 38.3 Å². The van der Waals surface area contributed by atoms with Crippen molar-refractivity contribution in [3.63, 3.8) is 0 Å². The highest BCUT2D eigenvalue weighted by atomic mass is 19.1. The van der Waals surface area contributed by atoms with Gasteiger partial charge in [-0.05, 0) is 32.9 Å². The highest BCUT2D eigenvalue weighted by Gasteiger charge is 2.11. The maximum absolute atomic E-state index is 13.5. The number of benzene rings is 1. The van der Waals surface area contributed by atoms with Gasteiger partial charge in [0.15, 0.2) is 0 Å². The second-order valence-corrected chi connectivity index (χ2v) is 3.83. The summed E-state index contributed by atoms with van der Waals surface area (Å²) < 4.78 is 31.8. The number of carbonyl (C=O) groups excluding carboxylic acids is 1. The van der Waals surface area contributed by atoms with Crippen LogP contribution in [0.3, 0.4) is 0 Å². The average Bonchev–Trinajstić information content (AvgIpc) is 2.22. The minimum Gasteiger partial charge on any atom is -0.447 e. The van der Waals surface area contributed by atoms with Crippen LogP contribution < -0.4 is 5.32 Å². The second-order valence-electron chi connectivity index (χ2n) is 3.83. The molecule has 0 unspecified atom stereocenters. The fraction of sp³-hybridized carbons (Fsp3) is 0.231. The van der Waals surface area contributed by atoms with Crippen LogP contribution >= 0.6 is 0 Å². The summed E-state index contributed by atoms with van der Waals surface area (Å²) in [5.41, 5.74) is -0.204. The molecule has 97 valence electrons. The van der Waals surface area contributed by atoms with Gasteiger partial charge in [0.2, 0.25) is 0 Å². The highest BCUT2D eigenvalue weighted by Crippen LogP contribution is 2.20. The van der Waals surface area contributed by atoms with Crippen molar-refractivity contribution in [2.45, 2.75) is 20.0 Å². The third-order valence-electron chi connectivity index (χ3n) is 1.95. The molecule has 0 spiro atoms. The highest BCUT2D eigenvalue weighted by molar-refractivity contribution is 5.84. The molecule has 0 fully saturated rings. The third kappa shape index (κ3) is 3.84. The molecule has 0 aliphatic carbocycles. The molecule has 1 amide bonds. The molecule has 18 heavy (non-hydrogen) atoms. The molecule has 1 N–H and O–H groups in total. The maximum atomic E-state index is 13.5. The third-order valence-corrected chi connectivity index (χ3v) is 1.95. The first-order valence-electron chi connectivity index (χ1n) is 5.36. The molecule has 0 aromatic heterocycles. The van der Waals surface area contributed by atoms with E-state index in [1.54, 1.807) is 13.8 Å². The molecule has 0 saturated heterocycles. The molecular formula is C13H14F2NO2. The minimum absolute atomic E-state index is 0.00291. The zero-order valence-corrected chi connectivity index (χ0v) is 10.2. The normalized spacial score (nSPS) is 11.0. The summed E-state index contributed by atoms with van der Waals surface area (Å²) in [5.74, 6) is -1.57. The Morgan fingerprint density at radius 3 is 2.39 bits per heavy atom. The average molecular weight is 254 g/mol. The van der Waals surface area contributed by atoms with Crippen molar-refractivity contribution >= 4 is 17.9 Å². The number of nitrogens with one attached hydrogen (secondary N) is 1. The summed E-state index contributed by atoms with van der Waals surface area (Å²) >= 11 is 0. The van der Waals surface area contributed by atoms with E-state index in [4.69, 9.17) is 4.74 Å². The van der Waals surface area contributed by atoms with Crippen molar-refractivity contribution in [1.82, 2.24) is 0 Å². The van der Waals surface area contributed by atoms with Gasteiger partial charge < -0.3 is 4.74 Å². The van der Waals surface area contributed by atoms with Crippen LogP contribution in [0.4, 0.5) is 19.3 Å². The lowest BCUT2D eigenvalue weighted by atomic mass is 10.1. The number of anilines is 1. The molecule has 0 atom stereocenters. The number of allylic oxidation sites excluding steroid dienone is 1. The minimum atomic E-state index is -0.783. The molecule has 1 radical (unpaired) electrons. The zero-order chi connectivity index (χ0) is 13.7. The molecule has 3 nitrogen and oxygen atoms in total. The lowest BCUT2D eigenvalue weighted by Gasteiger charge is -2.10. The zero-order valence-electron chi connectivity index (χ0n) is 10.2. The Bertz CT molecular complexity index is 447. The monoisotopic (exact) mass is 254 g/mol. The number of amides is 1. The Kier molecular flexibility index (Phi) is 4.83. The molecule has 0 aliphatic rings. The predicted molar refractivity (Wildman–Crippen MR) is 66.0 cm³/mol. The Hall–Kier alpha value is -1.91. The number of carbonyl (C=O) groups is 1. The van der Waals surface area contributed by atoms with Gasteiger partial charge in [-0.15, -0.1) is 0 Å². The van der Waals surface area contributed by atoms with Gasteiger partial charge in [0, 0.05) is 11.3 Å². The van der Waals surface area contributed by atoms with Crippen LogP contribution in [0.1, 0.15) is 19.4 Å². The van der Waals surface area contributed by atoms with Gasteiger partial charge in [-0.2, -0.15) is 0 Å². The van der Waals surface area contributed by atoms with Gasteiger partial charge in [0.25, 0.3) is 0 Å². The van der Waals surface area contributed by atoms with Crippen molar-refractivity contribution in [3.8, 4) is 0 Å². The Morgan fingerprint density at radius 1 is 1.39 bits per heavy atom. The van der Waals surface area contributed by atoms with Crippen LogP contribution in [0.2, 0.25) is 0 Å². The summed E-state index contributed by atoms with van der Waals surface area (Å²) in [5, 5.41) is 2.24. The number of hydrogen-bond donors (Lipinski definition) is 1. The van der Waals surface area contributed by atoms with Gasteiger partial charge >= 0.3 is 6.09 Å². The van der Waals surface area contributed by atoms with Crippen molar-refractivity contribution in [2.24, 2.45) is 0 Å². The second kappa shape index (κ2) is 6.14. The predicted octanol–water partition coefficient (Wildman–Crippen LogP) is 3.77. The summed E-state index contributed by atoms with van der Waals surface area (Å²) in [6.45, 7) is 6.70. The van der Waals surface area contributed by atoms with E-state index < -0.39 is 17.7 Å². The van der Waals surface area contributed by atoms with Crippen LogP contribution in [0.5, 0.6) is 0 Å². The first-order chi connectivity index (χ1) is 8.43. The van der Waals surface area contributed by atoms with Crippen LogP contribution in [0.15, 0.2) is 18.2 Å². The quantitative estimate of drug-likeness (QED) is 0.891. The fourth-order valence-electron chi connectivity index (χ4n) is 1.29. The van der Waals surface area contributed by atoms with Gasteiger partial charge in [-0.3, -0.25) is 5.32 Å². The molecule has 1 rings (SSSR count). The SMILES string of the molecule is [CH2]/C=C/c1c(F)cc(NC(=O)OC(C)C)cc1F. The van der Waals surface area contributed by atoms with E-state index in [9.17, 15) is 13.6 Å². The molecule has 5 heteroatoms. The summed E-state index contributed by atoms with van der Waals surface area (Å²) in [6, 6.07) is 2.03. The summed E-state index contributed by atoms with van der Waals surface area (Å²) in [7, 11) is 0. The first kappa shape index (κ1) is 14.2. The van der Waals surface area contributed by atoms with Crippen LogP contribution in [-0.2, 0) is 4.74 Å². The largest absolute Gasteiger partial charge is 0.447 e. The van der Waals surface area contributed by atoms with E-state index in [-0.39, 0.29) is 17.4 Å². The van der Waals surface area contributed by atoms with E-state index in [1.165, 1.54) is 12.2 Å². The van der Waals surface area contributed by atoms with E-state index in [0.29, 0.717) is 0 Å². The molecule has 1 aromatic carbocycles. The van der Waals surface area contributed by atoms with Crippen LogP contribution in [-0.4, -0.2) is 12.2 Å². The van der Waals surface area contributed by atoms with E-state index in [1.807, 2.05) is 0 Å². The Labute approximate surface area is 104 Å². The van der Waals surface area contributed by atoms with Crippen LogP contribution in [0.25, 0.3) is 6.08 Å². The van der Waals surface area contributed by atoms with Gasteiger partial charge in [0.05, 0.1) is 6.10 Å². The Morgan fingerprint density at radius 2 is 1.94 bits per heavy atom. The van der Waals surface area contributed by atoms with Gasteiger partial charge in [-0.25, -0.2) is 13.6 Å². The molecule has 1 aromatic rings. The number of hydrogen-bond acceptors (Lipinski definition) is 2. The lowest BCUT2D eigenvalue weighted by molar-refractivity contribution is 0.130. The molecule has 0 aliphatic heterocycles.